The molecule has 3 nitrogen and oxygen atoms in total. The summed E-state index contributed by atoms with van der Waals surface area (Å²) in [6.45, 7) is 3.87. The van der Waals surface area contributed by atoms with Crippen molar-refractivity contribution in [2.24, 2.45) is 5.14 Å². The first-order chi connectivity index (χ1) is 7.00. The molecule has 0 radical (unpaired) electrons. The SMILES string of the molecule is C/C=C(\CC)c1ccccc1S(N)(=O)=O. The topological polar surface area (TPSA) is 60.2 Å². The standard InChI is InChI=1S/C11H15NO2S/c1-3-9(4-2)10-7-5-6-8-11(10)15(12,13)14/h3,5-8H,4H2,1-2H3,(H2,12,13,14)/b9-3+. The van der Waals surface area contributed by atoms with E-state index < -0.39 is 10.0 Å². The van der Waals surface area contributed by atoms with Crippen LogP contribution in [0.1, 0.15) is 25.8 Å². The summed E-state index contributed by atoms with van der Waals surface area (Å²) in [5.41, 5.74) is 1.68. The Kier molecular flexibility index (Phi) is 3.66. The molecule has 0 aliphatic heterocycles. The largest absolute Gasteiger partial charge is 0.238 e. The Morgan fingerprint density at radius 3 is 2.47 bits per heavy atom. The molecule has 0 bridgehead atoms. The maximum Gasteiger partial charge on any atom is 0.238 e. The second-order valence-corrected chi connectivity index (χ2v) is 4.74. The second-order valence-electron chi connectivity index (χ2n) is 3.21. The fraction of sp³-hybridized carbons (Fsp3) is 0.273. The quantitative estimate of drug-likeness (QED) is 0.856. The zero-order valence-corrected chi connectivity index (χ0v) is 9.71. The van der Waals surface area contributed by atoms with E-state index in [-0.39, 0.29) is 4.90 Å². The molecule has 0 aliphatic carbocycles. The van der Waals surface area contributed by atoms with E-state index in [0.29, 0.717) is 5.56 Å². The maximum atomic E-state index is 11.3. The lowest BCUT2D eigenvalue weighted by molar-refractivity contribution is 0.597. The zero-order valence-electron chi connectivity index (χ0n) is 8.90. The van der Waals surface area contributed by atoms with Crippen molar-refractivity contribution in [1.29, 1.82) is 0 Å². The van der Waals surface area contributed by atoms with Gasteiger partial charge in [0, 0.05) is 0 Å². The second kappa shape index (κ2) is 4.59. The molecule has 1 rings (SSSR count). The number of rotatable bonds is 3. The molecule has 0 aliphatic rings. The lowest BCUT2D eigenvalue weighted by Gasteiger charge is -2.09. The summed E-state index contributed by atoms with van der Waals surface area (Å²) < 4.78 is 22.7. The number of sulfonamides is 1. The minimum Gasteiger partial charge on any atom is -0.225 e. The van der Waals surface area contributed by atoms with Crippen LogP contribution in [0.3, 0.4) is 0 Å². The fourth-order valence-corrected chi connectivity index (χ4v) is 2.30. The molecule has 0 atom stereocenters. The number of hydrogen-bond acceptors (Lipinski definition) is 2. The third-order valence-electron chi connectivity index (χ3n) is 2.27. The predicted octanol–water partition coefficient (Wildman–Crippen LogP) is 2.15. The zero-order chi connectivity index (χ0) is 11.5. The van der Waals surface area contributed by atoms with Gasteiger partial charge in [0.15, 0.2) is 0 Å². The van der Waals surface area contributed by atoms with Gasteiger partial charge in [0.25, 0.3) is 0 Å². The summed E-state index contributed by atoms with van der Waals surface area (Å²) in [7, 11) is -3.64. The van der Waals surface area contributed by atoms with E-state index in [9.17, 15) is 8.42 Å². The predicted molar refractivity (Wildman–Crippen MR) is 61.8 cm³/mol. The van der Waals surface area contributed by atoms with E-state index in [1.807, 2.05) is 26.0 Å². The highest BCUT2D eigenvalue weighted by molar-refractivity contribution is 7.89. The average Bonchev–Trinajstić information content (AvgIpc) is 2.19. The molecule has 0 fully saturated rings. The van der Waals surface area contributed by atoms with Crippen LogP contribution >= 0.6 is 0 Å². The van der Waals surface area contributed by atoms with Gasteiger partial charge in [0.2, 0.25) is 10.0 Å². The van der Waals surface area contributed by atoms with Crippen LogP contribution in [0.2, 0.25) is 0 Å². The maximum absolute atomic E-state index is 11.3. The highest BCUT2D eigenvalue weighted by Crippen LogP contribution is 2.24. The van der Waals surface area contributed by atoms with Crippen molar-refractivity contribution >= 4 is 15.6 Å². The van der Waals surface area contributed by atoms with Crippen molar-refractivity contribution in [3.8, 4) is 0 Å². The Hall–Kier alpha value is -1.13. The molecule has 2 N–H and O–H groups in total. The molecular formula is C11H15NO2S. The van der Waals surface area contributed by atoms with Crippen molar-refractivity contribution in [2.75, 3.05) is 0 Å². The van der Waals surface area contributed by atoms with Crippen molar-refractivity contribution < 1.29 is 8.42 Å². The van der Waals surface area contributed by atoms with Crippen LogP contribution in [-0.2, 0) is 10.0 Å². The van der Waals surface area contributed by atoms with Gasteiger partial charge in [-0.15, -0.1) is 0 Å². The fourth-order valence-electron chi connectivity index (χ4n) is 1.53. The van der Waals surface area contributed by atoms with Gasteiger partial charge < -0.3 is 0 Å². The first-order valence-electron chi connectivity index (χ1n) is 4.78. The van der Waals surface area contributed by atoms with E-state index in [0.717, 1.165) is 12.0 Å². The van der Waals surface area contributed by atoms with Gasteiger partial charge in [0.1, 0.15) is 0 Å². The van der Waals surface area contributed by atoms with Crippen LogP contribution in [0.5, 0.6) is 0 Å². The Labute approximate surface area is 90.7 Å². The monoisotopic (exact) mass is 225 g/mol. The summed E-state index contributed by atoms with van der Waals surface area (Å²) in [6, 6.07) is 6.79. The van der Waals surface area contributed by atoms with Crippen LogP contribution in [0.25, 0.3) is 5.57 Å². The molecule has 0 saturated heterocycles. The van der Waals surface area contributed by atoms with Gasteiger partial charge in [-0.2, -0.15) is 0 Å². The van der Waals surface area contributed by atoms with Gasteiger partial charge in [-0.05, 0) is 30.5 Å². The molecule has 0 heterocycles. The van der Waals surface area contributed by atoms with Crippen molar-refractivity contribution in [2.45, 2.75) is 25.2 Å². The molecule has 0 unspecified atom stereocenters. The Bertz CT molecular complexity index is 475. The summed E-state index contributed by atoms with van der Waals surface area (Å²) in [5.74, 6) is 0. The average molecular weight is 225 g/mol. The Morgan fingerprint density at radius 1 is 1.40 bits per heavy atom. The number of nitrogens with two attached hydrogens (primary N) is 1. The summed E-state index contributed by atoms with van der Waals surface area (Å²) in [5, 5.41) is 5.15. The molecular weight excluding hydrogens is 210 g/mol. The van der Waals surface area contributed by atoms with E-state index in [1.54, 1.807) is 12.1 Å². The Morgan fingerprint density at radius 2 is 2.00 bits per heavy atom. The van der Waals surface area contributed by atoms with Crippen LogP contribution in [-0.4, -0.2) is 8.42 Å². The smallest absolute Gasteiger partial charge is 0.225 e. The van der Waals surface area contributed by atoms with Crippen LogP contribution < -0.4 is 5.14 Å². The van der Waals surface area contributed by atoms with Gasteiger partial charge >= 0.3 is 0 Å². The van der Waals surface area contributed by atoms with E-state index in [4.69, 9.17) is 5.14 Å². The lowest BCUT2D eigenvalue weighted by atomic mass is 10.0. The molecule has 0 spiro atoms. The van der Waals surface area contributed by atoms with Crippen molar-refractivity contribution in [3.05, 3.63) is 35.9 Å². The van der Waals surface area contributed by atoms with E-state index >= 15 is 0 Å². The number of allylic oxidation sites excluding steroid dienone is 2. The molecule has 1 aromatic carbocycles. The van der Waals surface area contributed by atoms with E-state index in [1.165, 1.54) is 6.07 Å². The first-order valence-corrected chi connectivity index (χ1v) is 6.32. The van der Waals surface area contributed by atoms with Crippen LogP contribution in [0, 0.1) is 0 Å². The van der Waals surface area contributed by atoms with Gasteiger partial charge in [0.05, 0.1) is 4.90 Å². The first kappa shape index (κ1) is 11.9. The minimum absolute atomic E-state index is 0.194. The molecule has 15 heavy (non-hydrogen) atoms. The van der Waals surface area contributed by atoms with Crippen LogP contribution in [0.4, 0.5) is 0 Å². The van der Waals surface area contributed by atoms with Crippen molar-refractivity contribution in [1.82, 2.24) is 0 Å². The highest BCUT2D eigenvalue weighted by Gasteiger charge is 2.14. The van der Waals surface area contributed by atoms with Crippen LogP contribution in [0.15, 0.2) is 35.2 Å². The number of primary sulfonamides is 1. The number of hydrogen-bond donors (Lipinski definition) is 1. The highest BCUT2D eigenvalue weighted by atomic mass is 32.2. The van der Waals surface area contributed by atoms with Crippen molar-refractivity contribution in [3.63, 3.8) is 0 Å². The molecule has 1 aromatic rings. The normalized spacial score (nSPS) is 12.9. The molecule has 0 saturated carbocycles. The third-order valence-corrected chi connectivity index (χ3v) is 3.24. The van der Waals surface area contributed by atoms with Gasteiger partial charge in [-0.1, -0.05) is 31.2 Å². The Balaban J connectivity index is 3.43. The molecule has 4 heteroatoms. The molecule has 0 amide bonds. The summed E-state index contributed by atoms with van der Waals surface area (Å²) in [6.07, 6.45) is 2.69. The van der Waals surface area contributed by atoms with E-state index in [2.05, 4.69) is 0 Å². The third kappa shape index (κ3) is 2.67. The summed E-state index contributed by atoms with van der Waals surface area (Å²) >= 11 is 0. The lowest BCUT2D eigenvalue weighted by Crippen LogP contribution is -2.14. The summed E-state index contributed by atoms with van der Waals surface area (Å²) in [4.78, 5) is 0.194. The number of benzene rings is 1. The molecule has 82 valence electrons. The van der Waals surface area contributed by atoms with Gasteiger partial charge in [-0.25, -0.2) is 13.6 Å². The minimum atomic E-state index is -3.64. The molecule has 0 aromatic heterocycles. The van der Waals surface area contributed by atoms with Gasteiger partial charge in [-0.3, -0.25) is 0 Å².